The minimum Gasteiger partial charge on any atom is -0.392 e. The minimum atomic E-state index is -0.475. The van der Waals surface area contributed by atoms with Crippen molar-refractivity contribution in [2.24, 2.45) is 5.92 Å². The molecule has 1 aromatic rings. The van der Waals surface area contributed by atoms with E-state index in [0.717, 1.165) is 17.1 Å². The second-order valence-electron chi connectivity index (χ2n) is 5.04. The maximum absolute atomic E-state index is 10.3. The molecule has 1 N–H and O–H groups in total. The molecule has 0 aliphatic rings. The van der Waals surface area contributed by atoms with E-state index in [4.69, 9.17) is 12.2 Å². The topological polar surface area (TPSA) is 36.4 Å². The summed E-state index contributed by atoms with van der Waals surface area (Å²) in [6, 6.07) is 5.82. The van der Waals surface area contributed by atoms with E-state index in [0.29, 0.717) is 19.5 Å². The highest BCUT2D eigenvalue weighted by Crippen LogP contribution is 2.15. The molecular weight excluding hydrogens is 280 g/mol. The molecule has 0 radical (unpaired) electrons. The molecule has 0 amide bonds. The van der Waals surface area contributed by atoms with E-state index in [1.807, 2.05) is 42.2 Å². The third kappa shape index (κ3) is 5.78. The fourth-order valence-electron chi connectivity index (χ4n) is 2.11. The van der Waals surface area contributed by atoms with Crippen LogP contribution in [0, 0.1) is 5.92 Å². The highest BCUT2D eigenvalue weighted by molar-refractivity contribution is 7.80. The van der Waals surface area contributed by atoms with Crippen LogP contribution in [0.2, 0.25) is 0 Å². The molecule has 0 unspecified atom stereocenters. The number of thiocarbonyl (C=S) groups is 1. The predicted octanol–water partition coefficient (Wildman–Crippen LogP) is 3.01. The average molecular weight is 304 g/mol. The van der Waals surface area contributed by atoms with Crippen molar-refractivity contribution in [2.45, 2.75) is 25.9 Å². The molecule has 0 aliphatic carbocycles. The molecular formula is C17H24N2OS. The normalized spacial score (nSPS) is 13.2. The first-order chi connectivity index (χ1) is 10.1. The molecule has 21 heavy (non-hydrogen) atoms. The van der Waals surface area contributed by atoms with Gasteiger partial charge in [-0.3, -0.25) is 4.98 Å². The lowest BCUT2D eigenvalue weighted by Gasteiger charge is -2.29. The number of aliphatic hydroxyl groups excluding tert-OH is 1. The van der Waals surface area contributed by atoms with Crippen LogP contribution in [0.1, 0.15) is 19.0 Å². The standard InChI is InChI=1S/C17H24N2OS/c1-4-12-19(13-5-2)17(21)14(3)16(20)10-9-15-8-6-7-11-18-15/h4-8,11,14,16,20H,1-2,9-10,12-13H2,3H3/t14-,16+/m1/s1. The lowest BCUT2D eigenvalue weighted by Crippen LogP contribution is -2.38. The van der Waals surface area contributed by atoms with E-state index in [-0.39, 0.29) is 5.92 Å². The van der Waals surface area contributed by atoms with E-state index >= 15 is 0 Å². The number of rotatable bonds is 9. The summed E-state index contributed by atoms with van der Waals surface area (Å²) in [6.45, 7) is 10.8. The zero-order valence-electron chi connectivity index (χ0n) is 12.6. The second-order valence-corrected chi connectivity index (χ2v) is 5.45. The molecule has 1 rings (SSSR count). The van der Waals surface area contributed by atoms with Gasteiger partial charge in [0.15, 0.2) is 0 Å². The Kier molecular flexibility index (Phi) is 7.87. The van der Waals surface area contributed by atoms with E-state index in [2.05, 4.69) is 18.1 Å². The summed E-state index contributed by atoms with van der Waals surface area (Å²) in [5, 5.41) is 10.3. The summed E-state index contributed by atoms with van der Waals surface area (Å²) >= 11 is 5.49. The van der Waals surface area contributed by atoms with Gasteiger partial charge in [-0.1, -0.05) is 37.4 Å². The largest absolute Gasteiger partial charge is 0.392 e. The van der Waals surface area contributed by atoms with Gasteiger partial charge in [0.05, 0.1) is 11.1 Å². The number of aliphatic hydroxyl groups is 1. The number of hydrogen-bond donors (Lipinski definition) is 1. The fraction of sp³-hybridized carbons (Fsp3) is 0.412. The Morgan fingerprint density at radius 3 is 2.57 bits per heavy atom. The van der Waals surface area contributed by atoms with Gasteiger partial charge in [-0.15, -0.1) is 13.2 Å². The maximum Gasteiger partial charge on any atom is 0.0839 e. The quantitative estimate of drug-likeness (QED) is 0.562. The molecule has 1 heterocycles. The van der Waals surface area contributed by atoms with Crippen LogP contribution in [0.5, 0.6) is 0 Å². The van der Waals surface area contributed by atoms with Gasteiger partial charge < -0.3 is 10.0 Å². The van der Waals surface area contributed by atoms with E-state index in [1.165, 1.54) is 0 Å². The lowest BCUT2D eigenvalue weighted by molar-refractivity contribution is 0.132. The van der Waals surface area contributed by atoms with Crippen LogP contribution >= 0.6 is 12.2 Å². The van der Waals surface area contributed by atoms with Crippen molar-refractivity contribution in [3.8, 4) is 0 Å². The Balaban J connectivity index is 2.55. The molecule has 0 aromatic carbocycles. The highest BCUT2D eigenvalue weighted by Gasteiger charge is 2.22. The van der Waals surface area contributed by atoms with Gasteiger partial charge in [0.1, 0.15) is 0 Å². The van der Waals surface area contributed by atoms with Crippen molar-refractivity contribution < 1.29 is 5.11 Å². The summed E-state index contributed by atoms with van der Waals surface area (Å²) in [5.74, 6) is -0.0800. The van der Waals surface area contributed by atoms with Crippen LogP contribution in [0.15, 0.2) is 49.7 Å². The molecule has 0 saturated carbocycles. The van der Waals surface area contributed by atoms with Crippen LogP contribution in [0.4, 0.5) is 0 Å². The van der Waals surface area contributed by atoms with Gasteiger partial charge in [0.25, 0.3) is 0 Å². The maximum atomic E-state index is 10.3. The first-order valence-corrected chi connectivity index (χ1v) is 7.59. The van der Waals surface area contributed by atoms with Gasteiger partial charge in [-0.25, -0.2) is 0 Å². The van der Waals surface area contributed by atoms with Crippen LogP contribution in [0.25, 0.3) is 0 Å². The number of hydrogen-bond acceptors (Lipinski definition) is 3. The van der Waals surface area contributed by atoms with Crippen LogP contribution < -0.4 is 0 Å². The van der Waals surface area contributed by atoms with Gasteiger partial charge in [0.2, 0.25) is 0 Å². The van der Waals surface area contributed by atoms with Crippen molar-refractivity contribution in [3.05, 3.63) is 55.4 Å². The molecule has 0 bridgehead atoms. The zero-order valence-corrected chi connectivity index (χ0v) is 13.4. The number of pyridine rings is 1. The molecule has 4 heteroatoms. The van der Waals surface area contributed by atoms with E-state index < -0.39 is 6.10 Å². The Hall–Kier alpha value is -1.52. The van der Waals surface area contributed by atoms with Gasteiger partial charge >= 0.3 is 0 Å². The molecule has 0 aliphatic heterocycles. The molecule has 114 valence electrons. The SMILES string of the molecule is C=CCN(CC=C)C(=S)[C@H](C)[C@@H](O)CCc1ccccn1. The summed E-state index contributed by atoms with van der Waals surface area (Å²) in [6.07, 6.45) is 6.31. The molecule has 2 atom stereocenters. The third-order valence-corrected chi connectivity index (χ3v) is 4.03. The number of nitrogens with zero attached hydrogens (tertiary/aromatic N) is 2. The second kappa shape index (κ2) is 9.42. The smallest absolute Gasteiger partial charge is 0.0839 e. The lowest BCUT2D eigenvalue weighted by atomic mass is 9.98. The van der Waals surface area contributed by atoms with Crippen molar-refractivity contribution in [3.63, 3.8) is 0 Å². The van der Waals surface area contributed by atoms with Crippen molar-refractivity contribution in [2.75, 3.05) is 13.1 Å². The summed E-state index contributed by atoms with van der Waals surface area (Å²) in [4.78, 5) is 7.02. The van der Waals surface area contributed by atoms with Gasteiger partial charge in [-0.2, -0.15) is 0 Å². The first kappa shape index (κ1) is 17.5. The molecule has 0 fully saturated rings. The molecule has 0 spiro atoms. The van der Waals surface area contributed by atoms with Gasteiger partial charge in [-0.05, 0) is 25.0 Å². The Morgan fingerprint density at radius 1 is 1.38 bits per heavy atom. The van der Waals surface area contributed by atoms with Crippen molar-refractivity contribution >= 4 is 17.2 Å². The predicted molar refractivity (Wildman–Crippen MR) is 92.3 cm³/mol. The number of aromatic nitrogens is 1. The Bertz CT molecular complexity index is 451. The monoisotopic (exact) mass is 304 g/mol. The third-order valence-electron chi connectivity index (χ3n) is 3.40. The summed E-state index contributed by atoms with van der Waals surface area (Å²) < 4.78 is 0. The summed E-state index contributed by atoms with van der Waals surface area (Å²) in [5.41, 5.74) is 0.990. The molecule has 3 nitrogen and oxygen atoms in total. The highest BCUT2D eigenvalue weighted by atomic mass is 32.1. The van der Waals surface area contributed by atoms with Gasteiger partial charge in [0, 0.05) is 30.9 Å². The van der Waals surface area contributed by atoms with E-state index in [1.54, 1.807) is 6.20 Å². The zero-order chi connectivity index (χ0) is 15.7. The van der Waals surface area contributed by atoms with E-state index in [9.17, 15) is 5.11 Å². The van der Waals surface area contributed by atoms with Crippen LogP contribution in [-0.2, 0) is 6.42 Å². The Morgan fingerprint density at radius 2 is 2.05 bits per heavy atom. The van der Waals surface area contributed by atoms with Crippen molar-refractivity contribution in [1.82, 2.24) is 9.88 Å². The number of aryl methyl sites for hydroxylation is 1. The van der Waals surface area contributed by atoms with Crippen LogP contribution in [-0.4, -0.2) is 39.2 Å². The first-order valence-electron chi connectivity index (χ1n) is 7.18. The summed E-state index contributed by atoms with van der Waals surface area (Å²) in [7, 11) is 0. The molecule has 0 saturated heterocycles. The van der Waals surface area contributed by atoms with Crippen molar-refractivity contribution in [1.29, 1.82) is 0 Å². The Labute approximate surface area is 133 Å². The van der Waals surface area contributed by atoms with Crippen LogP contribution in [0.3, 0.4) is 0 Å². The molecule has 1 aromatic heterocycles. The average Bonchev–Trinajstić information content (AvgIpc) is 2.52. The minimum absolute atomic E-state index is 0.0800. The fourth-order valence-corrected chi connectivity index (χ4v) is 2.42.